The number of rotatable bonds is 37. The first kappa shape index (κ1) is 58.3. The molecule has 64 heavy (non-hydrogen) atoms. The van der Waals surface area contributed by atoms with E-state index < -0.39 is 0 Å². The van der Waals surface area contributed by atoms with E-state index in [2.05, 4.69) is 94.0 Å². The smallest absolute Gasteiger partial charge is 0.411 e. The van der Waals surface area contributed by atoms with E-state index in [9.17, 15) is 9.59 Å². The number of thiocarbonyl (C=S) groups is 2. The Morgan fingerprint density at radius 1 is 0.453 bits per heavy atom. The SMILES string of the molecule is CCN(CC)C(=S)SCCc1ccc(NC(=O)OCCCCCCCCCCCSSCCCCCCCCCCCOC(=O)Nc2ccc(CCSC(=S)N(CC)CC)cc2)cc1. The van der Waals surface area contributed by atoms with Gasteiger partial charge >= 0.3 is 12.2 Å². The molecule has 362 valence electrons. The normalized spacial score (nSPS) is 11.0. The predicted molar refractivity (Wildman–Crippen MR) is 294 cm³/mol. The predicted octanol–water partition coefficient (Wildman–Crippen LogP) is 15.7. The summed E-state index contributed by atoms with van der Waals surface area (Å²) < 4.78 is 12.7. The van der Waals surface area contributed by atoms with E-state index in [1.165, 1.54) is 113 Å². The number of thioether (sulfide) groups is 2. The average Bonchev–Trinajstić information content (AvgIpc) is 3.29. The number of amides is 2. The molecule has 0 aromatic heterocycles. The van der Waals surface area contributed by atoms with Crippen molar-refractivity contribution in [2.45, 2.75) is 156 Å². The zero-order valence-electron chi connectivity index (χ0n) is 39.8. The molecule has 2 aromatic rings. The van der Waals surface area contributed by atoms with Crippen LogP contribution in [-0.2, 0) is 22.3 Å². The lowest BCUT2D eigenvalue weighted by Crippen LogP contribution is -2.26. The number of ether oxygens (including phenoxy) is 2. The lowest BCUT2D eigenvalue weighted by molar-refractivity contribution is 0.158. The Morgan fingerprint density at radius 2 is 0.750 bits per heavy atom. The van der Waals surface area contributed by atoms with Gasteiger partial charge in [0.2, 0.25) is 0 Å². The fraction of sp³-hybridized carbons (Fsp3) is 0.680. The molecule has 2 aromatic carbocycles. The van der Waals surface area contributed by atoms with E-state index in [4.69, 9.17) is 33.9 Å². The Kier molecular flexibility index (Phi) is 36.7. The van der Waals surface area contributed by atoms with Gasteiger partial charge < -0.3 is 19.3 Å². The van der Waals surface area contributed by atoms with Crippen LogP contribution in [0, 0.1) is 0 Å². The van der Waals surface area contributed by atoms with Gasteiger partial charge in [0, 0.05) is 60.6 Å². The first-order valence-corrected chi connectivity index (χ1v) is 29.7. The summed E-state index contributed by atoms with van der Waals surface area (Å²) in [5, 5.41) is 5.69. The van der Waals surface area contributed by atoms with Gasteiger partial charge in [-0.15, -0.1) is 0 Å². The summed E-state index contributed by atoms with van der Waals surface area (Å²) in [5.74, 6) is 4.44. The Balaban J connectivity index is 1.26. The van der Waals surface area contributed by atoms with Crippen molar-refractivity contribution in [1.82, 2.24) is 9.80 Å². The molecule has 0 atom stereocenters. The highest BCUT2D eigenvalue weighted by Crippen LogP contribution is 2.25. The van der Waals surface area contributed by atoms with Crippen LogP contribution in [0.25, 0.3) is 0 Å². The second-order valence-electron chi connectivity index (χ2n) is 16.0. The molecule has 14 heteroatoms. The number of unbranched alkanes of at least 4 members (excludes halogenated alkanes) is 16. The fourth-order valence-corrected chi connectivity index (χ4v) is 12.1. The van der Waals surface area contributed by atoms with Crippen molar-refractivity contribution in [1.29, 1.82) is 0 Å². The van der Waals surface area contributed by atoms with Crippen molar-refractivity contribution in [3.05, 3.63) is 59.7 Å². The quantitative estimate of drug-likeness (QED) is 0.0384. The summed E-state index contributed by atoms with van der Waals surface area (Å²) in [6.45, 7) is 13.3. The molecule has 0 fully saturated rings. The highest BCUT2D eigenvalue weighted by Gasteiger charge is 2.09. The van der Waals surface area contributed by atoms with E-state index >= 15 is 0 Å². The van der Waals surface area contributed by atoms with Gasteiger partial charge in [-0.3, -0.25) is 10.6 Å². The number of carbonyl (C=O) groups is 2. The Hall–Kier alpha value is -1.84. The maximum atomic E-state index is 12.2. The molecule has 0 aliphatic rings. The Bertz CT molecular complexity index is 1380. The third-order valence-electron chi connectivity index (χ3n) is 11.0. The Labute approximate surface area is 416 Å². The van der Waals surface area contributed by atoms with Crippen molar-refractivity contribution in [2.75, 3.05) is 73.0 Å². The minimum absolute atomic E-state index is 0.375. The molecule has 0 aliphatic carbocycles. The first-order valence-electron chi connectivity index (χ1n) is 24.4. The van der Waals surface area contributed by atoms with Gasteiger partial charge in [0.25, 0.3) is 0 Å². The van der Waals surface area contributed by atoms with Crippen molar-refractivity contribution in [2.24, 2.45) is 0 Å². The topological polar surface area (TPSA) is 83.1 Å². The lowest BCUT2D eigenvalue weighted by Gasteiger charge is -2.20. The molecule has 0 aliphatic heterocycles. The number of aryl methyl sites for hydroxylation is 2. The van der Waals surface area contributed by atoms with Gasteiger partial charge in [-0.2, -0.15) is 0 Å². The molecule has 8 nitrogen and oxygen atoms in total. The first-order chi connectivity index (χ1) is 31.3. The van der Waals surface area contributed by atoms with Crippen LogP contribution in [0.5, 0.6) is 0 Å². The number of hydrogen-bond donors (Lipinski definition) is 2. The fourth-order valence-electron chi connectivity index (χ4n) is 6.92. The van der Waals surface area contributed by atoms with E-state index in [-0.39, 0.29) is 12.2 Å². The molecule has 2 N–H and O–H groups in total. The summed E-state index contributed by atoms with van der Waals surface area (Å²) >= 11 is 14.5. The van der Waals surface area contributed by atoms with Crippen LogP contribution in [0.4, 0.5) is 21.0 Å². The van der Waals surface area contributed by atoms with Crippen LogP contribution in [0.1, 0.15) is 154 Å². The molecule has 0 radical (unpaired) electrons. The summed E-state index contributed by atoms with van der Waals surface area (Å²) in [4.78, 5) is 28.8. The molecule has 0 unspecified atom stereocenters. The summed E-state index contributed by atoms with van der Waals surface area (Å²) in [7, 11) is 4.12. The second-order valence-corrected chi connectivity index (χ2v) is 22.2. The molecule has 0 saturated carbocycles. The van der Waals surface area contributed by atoms with Gasteiger partial charge in [0.1, 0.15) is 8.64 Å². The maximum Gasteiger partial charge on any atom is 0.411 e. The van der Waals surface area contributed by atoms with Crippen molar-refractivity contribution in [3.8, 4) is 0 Å². The number of benzene rings is 2. The second kappa shape index (κ2) is 40.2. The van der Waals surface area contributed by atoms with Gasteiger partial charge in [0.05, 0.1) is 13.2 Å². The largest absolute Gasteiger partial charge is 0.449 e. The maximum absolute atomic E-state index is 12.2. The van der Waals surface area contributed by atoms with E-state index in [0.29, 0.717) is 13.2 Å². The molecule has 0 spiro atoms. The third-order valence-corrected chi connectivity index (χ3v) is 16.6. The standard InChI is InChI=1S/C50H82N4O4S6/c1-5-53(6-2)49(59)61-41-35-43-27-31-45(32-28-43)51-47(55)57-37-23-19-15-11-9-13-17-21-25-39-63-64-40-26-22-18-14-10-12-16-20-24-38-58-48(56)52-46-33-29-44(30-34-46)36-42-62-50(60)54(7-3)8-4/h27-34H,5-26,35-42H2,1-4H3,(H,51,55)(H,52,56). The van der Waals surface area contributed by atoms with Crippen molar-refractivity contribution in [3.63, 3.8) is 0 Å². The molecule has 2 rings (SSSR count). The lowest BCUT2D eigenvalue weighted by atomic mass is 10.1. The van der Waals surface area contributed by atoms with Crippen LogP contribution in [0.3, 0.4) is 0 Å². The number of nitrogens with zero attached hydrogens (tertiary/aromatic N) is 2. The average molecular weight is 996 g/mol. The van der Waals surface area contributed by atoms with Gasteiger partial charge in [-0.1, -0.05) is 184 Å². The van der Waals surface area contributed by atoms with E-state index in [1.54, 1.807) is 23.5 Å². The molecular weight excluding hydrogens is 913 g/mol. The molecular formula is C50H82N4O4S6. The molecule has 2 amide bonds. The third kappa shape index (κ3) is 30.4. The van der Waals surface area contributed by atoms with Crippen LogP contribution in [0.15, 0.2) is 48.5 Å². The van der Waals surface area contributed by atoms with Crippen LogP contribution >= 0.6 is 69.5 Å². The van der Waals surface area contributed by atoms with Crippen LogP contribution in [0.2, 0.25) is 0 Å². The summed E-state index contributed by atoms with van der Waals surface area (Å²) in [6, 6.07) is 16.0. The number of hydrogen-bond acceptors (Lipinski definition) is 10. The molecule has 0 bridgehead atoms. The highest BCUT2D eigenvalue weighted by molar-refractivity contribution is 8.76. The van der Waals surface area contributed by atoms with Gasteiger partial charge in [0.15, 0.2) is 0 Å². The minimum atomic E-state index is -0.375. The summed E-state index contributed by atoms with van der Waals surface area (Å²) in [6.07, 6.45) is 23.5. The highest BCUT2D eigenvalue weighted by atomic mass is 33.1. The van der Waals surface area contributed by atoms with E-state index in [0.717, 1.165) is 96.2 Å². The zero-order valence-corrected chi connectivity index (χ0v) is 44.7. The summed E-state index contributed by atoms with van der Waals surface area (Å²) in [5.41, 5.74) is 3.99. The van der Waals surface area contributed by atoms with E-state index in [1.807, 2.05) is 24.3 Å². The minimum Gasteiger partial charge on any atom is -0.449 e. The number of carbonyl (C=O) groups excluding carboxylic acids is 2. The van der Waals surface area contributed by atoms with Crippen LogP contribution < -0.4 is 10.6 Å². The molecule has 0 heterocycles. The zero-order chi connectivity index (χ0) is 46.3. The number of anilines is 2. The van der Waals surface area contributed by atoms with Crippen molar-refractivity contribution < 1.29 is 19.1 Å². The van der Waals surface area contributed by atoms with Crippen molar-refractivity contribution >= 4 is 102 Å². The molecule has 0 saturated heterocycles. The van der Waals surface area contributed by atoms with Gasteiger partial charge in [-0.25, -0.2) is 9.59 Å². The van der Waals surface area contributed by atoms with Gasteiger partial charge in [-0.05, 0) is 102 Å². The monoisotopic (exact) mass is 994 g/mol. The Morgan fingerprint density at radius 3 is 1.06 bits per heavy atom. The number of nitrogens with one attached hydrogen (secondary N) is 2. The van der Waals surface area contributed by atoms with Crippen LogP contribution in [-0.4, -0.2) is 93.0 Å².